The number of hydrogen-bond donors (Lipinski definition) is 1. The highest BCUT2D eigenvalue weighted by molar-refractivity contribution is 7.92. The van der Waals surface area contributed by atoms with Gasteiger partial charge in [0.2, 0.25) is 10.0 Å². The van der Waals surface area contributed by atoms with Crippen LogP contribution in [-0.2, 0) is 15.4 Å². The zero-order valence-corrected chi connectivity index (χ0v) is 22.7. The summed E-state index contributed by atoms with van der Waals surface area (Å²) in [5, 5.41) is 8.93. The van der Waals surface area contributed by atoms with Crippen molar-refractivity contribution in [2.45, 2.75) is 31.1 Å². The monoisotopic (exact) mass is 561 g/mol. The van der Waals surface area contributed by atoms with Crippen LogP contribution in [0.25, 0.3) is 22.5 Å². The summed E-state index contributed by atoms with van der Waals surface area (Å²) in [6.45, 7) is 2.26. The van der Waals surface area contributed by atoms with Gasteiger partial charge in [-0.3, -0.25) is 4.98 Å². The Bertz CT molecular complexity index is 1780. The molecule has 204 valence electrons. The highest BCUT2D eigenvalue weighted by Gasteiger charge is 2.77. The van der Waals surface area contributed by atoms with Crippen molar-refractivity contribution < 1.29 is 17.2 Å². The van der Waals surface area contributed by atoms with E-state index in [1.807, 2.05) is 18.2 Å². The Kier molecular flexibility index (Phi) is 5.21. The van der Waals surface area contributed by atoms with Crippen LogP contribution in [0.2, 0.25) is 0 Å². The molecule has 7 rings (SSSR count). The van der Waals surface area contributed by atoms with Crippen molar-refractivity contribution in [2.24, 2.45) is 11.3 Å². The minimum atomic E-state index is -3.61. The number of halogens is 2. The number of hydrogen-bond acceptors (Lipinski definition) is 8. The quantitative estimate of drug-likeness (QED) is 0.352. The van der Waals surface area contributed by atoms with Crippen LogP contribution in [-0.4, -0.2) is 46.9 Å². The average Bonchev–Trinajstić information content (AvgIpc) is 2.93. The van der Waals surface area contributed by atoms with Crippen LogP contribution in [0.5, 0.6) is 0 Å². The summed E-state index contributed by atoms with van der Waals surface area (Å²) in [5.74, 6) is -0.628. The first-order valence-corrected chi connectivity index (χ1v) is 14.7. The first kappa shape index (κ1) is 25.1. The summed E-state index contributed by atoms with van der Waals surface area (Å²) < 4.78 is 54.0. The summed E-state index contributed by atoms with van der Waals surface area (Å²) in [6, 6.07) is 11.4. The van der Waals surface area contributed by atoms with E-state index in [2.05, 4.69) is 32.5 Å². The molecule has 4 bridgehead atoms. The molecule has 0 aliphatic heterocycles. The van der Waals surface area contributed by atoms with Crippen molar-refractivity contribution >= 4 is 16.0 Å². The average molecular weight is 562 g/mol. The highest BCUT2D eigenvalue weighted by Crippen LogP contribution is 2.81. The number of nitrogens with one attached hydrogen (secondary N) is 1. The maximum Gasteiger partial charge on any atom is 0.254 e. The van der Waals surface area contributed by atoms with Gasteiger partial charge in [0.05, 0.1) is 40.0 Å². The molecule has 9 nitrogen and oxygen atoms in total. The van der Waals surface area contributed by atoms with E-state index < -0.39 is 27.1 Å². The van der Waals surface area contributed by atoms with Gasteiger partial charge >= 0.3 is 0 Å². The second-order valence-corrected chi connectivity index (χ2v) is 12.8. The lowest BCUT2D eigenvalue weighted by Crippen LogP contribution is -2.73. The van der Waals surface area contributed by atoms with E-state index in [4.69, 9.17) is 4.98 Å². The van der Waals surface area contributed by atoms with Crippen LogP contribution < -0.4 is 9.84 Å². The Morgan fingerprint density at radius 2 is 1.70 bits per heavy atom. The van der Waals surface area contributed by atoms with Gasteiger partial charge in [-0.25, -0.2) is 32.6 Å². The fourth-order valence-electron chi connectivity index (χ4n) is 7.23. The number of anilines is 1. The maximum absolute atomic E-state index is 14.6. The Hall–Kier alpha value is -3.90. The van der Waals surface area contributed by atoms with E-state index in [0.717, 1.165) is 40.5 Å². The predicted molar refractivity (Wildman–Crippen MR) is 143 cm³/mol. The van der Waals surface area contributed by atoms with Crippen LogP contribution in [0.1, 0.15) is 42.6 Å². The van der Waals surface area contributed by atoms with E-state index >= 15 is 0 Å². The third kappa shape index (κ3) is 3.20. The van der Waals surface area contributed by atoms with E-state index in [1.54, 1.807) is 6.07 Å². The molecule has 40 heavy (non-hydrogen) atoms. The zero-order valence-electron chi connectivity index (χ0n) is 21.9. The van der Waals surface area contributed by atoms with Gasteiger partial charge in [-0.15, -0.1) is 5.10 Å². The number of sulfonamides is 1. The molecule has 2 saturated carbocycles. The van der Waals surface area contributed by atoms with Crippen LogP contribution in [0.3, 0.4) is 0 Å². The smallest absolute Gasteiger partial charge is 0.252 e. The number of hydrazine groups is 1. The summed E-state index contributed by atoms with van der Waals surface area (Å²) in [7, 11) is -2.13. The normalized spacial score (nSPS) is 25.9. The molecule has 12 heteroatoms. The molecule has 4 atom stereocenters. The van der Waals surface area contributed by atoms with Crippen LogP contribution in [0.4, 0.5) is 14.7 Å². The number of nitrogens with zero attached hydrogens (tertiary/aromatic N) is 6. The Morgan fingerprint density at radius 3 is 2.33 bits per heavy atom. The molecule has 1 N–H and O–H groups in total. The molecule has 4 aromatic rings. The molecule has 0 amide bonds. The minimum absolute atomic E-state index is 0.00284. The largest absolute Gasteiger partial charge is 0.254 e. The standard InChI is InChI=1S/C28H25F2N7O2S/c1-27-11-17-16-10-22(24-19(29)6-4-7-20(24)30)35-36-25(16)28(27,12-18(17)27)23-9-5-8-21(34-23)15-13-32-26(33-14-15)37(31-2)40(3,38)39/h4-10,13-14,17-18,31H,11-12H2,1-3H3/t17-,18?,27?,28+/m1/s1. The predicted octanol–water partition coefficient (Wildman–Crippen LogP) is 3.99. The van der Waals surface area contributed by atoms with Crippen molar-refractivity contribution in [3.8, 4) is 22.5 Å². The van der Waals surface area contributed by atoms with Crippen LogP contribution in [0, 0.1) is 23.0 Å². The molecule has 3 aromatic heterocycles. The molecule has 0 saturated heterocycles. The number of pyridine rings is 1. The van der Waals surface area contributed by atoms with Gasteiger partial charge in [0.25, 0.3) is 5.95 Å². The summed E-state index contributed by atoms with van der Waals surface area (Å²) in [6.07, 6.45) is 5.95. The Labute approximate surface area is 229 Å². The summed E-state index contributed by atoms with van der Waals surface area (Å²) in [5.41, 5.74) is 6.02. The van der Waals surface area contributed by atoms with E-state index in [1.165, 1.54) is 37.6 Å². The molecule has 2 unspecified atom stereocenters. The molecule has 3 heterocycles. The first-order chi connectivity index (χ1) is 19.1. The van der Waals surface area contributed by atoms with Crippen LogP contribution in [0.15, 0.2) is 54.9 Å². The fourth-order valence-corrected chi connectivity index (χ4v) is 7.95. The second-order valence-electron chi connectivity index (χ2n) is 11.0. The van der Waals surface area contributed by atoms with E-state index in [0.29, 0.717) is 17.2 Å². The van der Waals surface area contributed by atoms with Gasteiger partial charge in [0.15, 0.2) is 0 Å². The minimum Gasteiger partial charge on any atom is -0.252 e. The van der Waals surface area contributed by atoms with Crippen molar-refractivity contribution in [3.05, 3.63) is 83.4 Å². The number of aromatic nitrogens is 5. The lowest BCUT2D eigenvalue weighted by Gasteiger charge is -2.76. The van der Waals surface area contributed by atoms with Crippen molar-refractivity contribution in [1.29, 1.82) is 0 Å². The third-order valence-corrected chi connectivity index (χ3v) is 10.1. The second kappa shape index (κ2) is 8.31. The summed E-state index contributed by atoms with van der Waals surface area (Å²) in [4.78, 5) is 13.5. The van der Waals surface area contributed by atoms with Crippen LogP contribution >= 0.6 is 0 Å². The molecule has 2 fully saturated rings. The van der Waals surface area contributed by atoms with Crippen molar-refractivity contribution in [3.63, 3.8) is 0 Å². The van der Waals surface area contributed by atoms with E-state index in [-0.39, 0.29) is 28.5 Å². The molecule has 1 aromatic carbocycles. The van der Waals surface area contributed by atoms with Crippen molar-refractivity contribution in [1.82, 2.24) is 30.6 Å². The fraction of sp³-hybridized carbons (Fsp3) is 0.321. The molecular formula is C28H25F2N7O2S. The Morgan fingerprint density at radius 1 is 1.00 bits per heavy atom. The maximum atomic E-state index is 14.6. The molecule has 3 aliphatic carbocycles. The zero-order chi connectivity index (χ0) is 28.0. The molecule has 0 spiro atoms. The molecule has 3 aliphatic rings. The van der Waals surface area contributed by atoms with E-state index in [9.17, 15) is 17.2 Å². The van der Waals surface area contributed by atoms with Gasteiger partial charge < -0.3 is 0 Å². The lowest BCUT2D eigenvalue weighted by molar-refractivity contribution is -0.175. The molecule has 0 radical (unpaired) electrons. The summed E-state index contributed by atoms with van der Waals surface area (Å²) >= 11 is 0. The van der Waals surface area contributed by atoms with Gasteiger partial charge in [-0.05, 0) is 66.0 Å². The molecular weight excluding hydrogens is 536 g/mol. The van der Waals surface area contributed by atoms with Gasteiger partial charge in [-0.1, -0.05) is 19.1 Å². The lowest BCUT2D eigenvalue weighted by atomic mass is 9.26. The van der Waals surface area contributed by atoms with Crippen molar-refractivity contribution in [2.75, 3.05) is 17.7 Å². The first-order valence-electron chi connectivity index (χ1n) is 12.9. The van der Waals surface area contributed by atoms with Gasteiger partial charge in [0, 0.05) is 25.0 Å². The number of rotatable bonds is 6. The number of benzene rings is 1. The van der Waals surface area contributed by atoms with Gasteiger partial charge in [0.1, 0.15) is 11.6 Å². The van der Waals surface area contributed by atoms with Gasteiger partial charge in [-0.2, -0.15) is 9.51 Å². The number of fused-ring (bicyclic) bond motifs is 3. The highest BCUT2D eigenvalue weighted by atomic mass is 32.2. The Balaban J connectivity index is 1.29. The SMILES string of the molecule is CNN(c1ncc(-c2cccc([C@]34CC5[C@H](CC53C)c3cc(-c5c(F)cccc5F)nnc34)n2)cn1)S(C)(=O)=O. The topological polar surface area (TPSA) is 114 Å². The third-order valence-electron chi connectivity index (χ3n) is 9.13.